The molecule has 3 N–H and O–H groups in total. The van der Waals surface area contributed by atoms with E-state index < -0.39 is 0 Å². The number of rotatable bonds is 1. The monoisotopic (exact) mass is 271 g/mol. The minimum atomic E-state index is 0.457. The first-order valence-corrected chi connectivity index (χ1v) is 5.72. The predicted octanol–water partition coefficient (Wildman–Crippen LogP) is 0.619. The van der Waals surface area contributed by atoms with Crippen LogP contribution in [-0.4, -0.2) is 35.6 Å². The van der Waals surface area contributed by atoms with Gasteiger partial charge in [0.1, 0.15) is 4.60 Å². The molecule has 1 aromatic heterocycles. The van der Waals surface area contributed by atoms with Crippen LogP contribution < -0.4 is 16.0 Å². The van der Waals surface area contributed by atoms with Crippen LogP contribution in [-0.2, 0) is 0 Å². The number of nitrogens with two attached hydrogens (primary N) is 1. The summed E-state index contributed by atoms with van der Waals surface area (Å²) < 4.78 is 0.720. The van der Waals surface area contributed by atoms with Crippen LogP contribution >= 0.6 is 15.9 Å². The van der Waals surface area contributed by atoms with E-state index in [9.17, 15) is 0 Å². The minimum absolute atomic E-state index is 0.457. The third-order valence-electron chi connectivity index (χ3n) is 2.42. The van der Waals surface area contributed by atoms with Gasteiger partial charge in [-0.2, -0.15) is 0 Å². The highest BCUT2D eigenvalue weighted by Crippen LogP contribution is 2.21. The summed E-state index contributed by atoms with van der Waals surface area (Å²) in [5, 5.41) is 3.37. The molecular formula is C9H14BrN5. The fourth-order valence-electron chi connectivity index (χ4n) is 1.73. The zero-order chi connectivity index (χ0) is 10.8. The topological polar surface area (TPSA) is 67.1 Å². The van der Waals surface area contributed by atoms with E-state index in [4.69, 9.17) is 5.73 Å². The Bertz CT molecular complexity index is 356. The van der Waals surface area contributed by atoms with E-state index in [0.29, 0.717) is 11.9 Å². The zero-order valence-corrected chi connectivity index (χ0v) is 10.2. The standard InChI is InChI=1S/C9H14BrN5/c1-6-5-15(3-2-12-6)9-8(11)13-4-7(10)14-9/h4,6,12H,2-3,5H2,1H3,(H2,11,13)/t6-/m1/s1. The van der Waals surface area contributed by atoms with Crippen LogP contribution in [0.3, 0.4) is 0 Å². The largest absolute Gasteiger partial charge is 0.381 e. The van der Waals surface area contributed by atoms with E-state index in [1.807, 2.05) is 0 Å². The third kappa shape index (κ3) is 2.38. The Kier molecular flexibility index (Phi) is 3.06. The van der Waals surface area contributed by atoms with Crippen LogP contribution in [0.2, 0.25) is 0 Å². The van der Waals surface area contributed by atoms with E-state index in [1.54, 1.807) is 6.20 Å². The van der Waals surface area contributed by atoms with Gasteiger partial charge < -0.3 is 16.0 Å². The van der Waals surface area contributed by atoms with E-state index in [-0.39, 0.29) is 0 Å². The van der Waals surface area contributed by atoms with Gasteiger partial charge in [0, 0.05) is 25.7 Å². The van der Waals surface area contributed by atoms with Gasteiger partial charge in [-0.25, -0.2) is 9.97 Å². The number of piperazine rings is 1. The molecule has 6 heteroatoms. The molecule has 0 saturated carbocycles. The fraction of sp³-hybridized carbons (Fsp3) is 0.556. The molecule has 1 aliphatic heterocycles. The molecule has 2 rings (SSSR count). The molecule has 0 radical (unpaired) electrons. The molecule has 0 aliphatic carbocycles. The maximum atomic E-state index is 5.81. The van der Waals surface area contributed by atoms with Crippen molar-refractivity contribution in [3.05, 3.63) is 10.8 Å². The van der Waals surface area contributed by atoms with Crippen molar-refractivity contribution >= 4 is 27.6 Å². The van der Waals surface area contributed by atoms with Crippen molar-refractivity contribution in [3.63, 3.8) is 0 Å². The normalized spacial score (nSPS) is 21.7. The summed E-state index contributed by atoms with van der Waals surface area (Å²) in [4.78, 5) is 10.6. The summed E-state index contributed by atoms with van der Waals surface area (Å²) in [7, 11) is 0. The molecule has 0 aromatic carbocycles. The molecule has 2 heterocycles. The van der Waals surface area contributed by atoms with Crippen molar-refractivity contribution in [2.24, 2.45) is 0 Å². The molecule has 0 unspecified atom stereocenters. The molecule has 15 heavy (non-hydrogen) atoms. The number of anilines is 2. The molecule has 0 amide bonds. The second kappa shape index (κ2) is 4.32. The van der Waals surface area contributed by atoms with Crippen LogP contribution in [0, 0.1) is 0 Å². The van der Waals surface area contributed by atoms with Gasteiger partial charge in [-0.15, -0.1) is 0 Å². The fourth-order valence-corrected chi connectivity index (χ4v) is 2.00. The smallest absolute Gasteiger partial charge is 0.172 e. The SMILES string of the molecule is C[C@@H]1CN(c2nc(Br)cnc2N)CCN1. The second-order valence-corrected chi connectivity index (χ2v) is 4.52. The molecule has 0 bridgehead atoms. The van der Waals surface area contributed by atoms with Crippen LogP contribution in [0.5, 0.6) is 0 Å². The Morgan fingerprint density at radius 3 is 3.20 bits per heavy atom. The lowest BCUT2D eigenvalue weighted by Crippen LogP contribution is -2.49. The van der Waals surface area contributed by atoms with Gasteiger partial charge in [0.25, 0.3) is 0 Å². The van der Waals surface area contributed by atoms with E-state index >= 15 is 0 Å². The van der Waals surface area contributed by atoms with Crippen molar-refractivity contribution in [2.75, 3.05) is 30.3 Å². The lowest BCUT2D eigenvalue weighted by molar-refractivity contribution is 0.482. The Labute approximate surface area is 97.2 Å². The molecule has 1 fully saturated rings. The molecule has 1 atom stereocenters. The summed E-state index contributed by atoms with van der Waals surface area (Å²) in [6.07, 6.45) is 1.62. The maximum absolute atomic E-state index is 5.81. The third-order valence-corrected chi connectivity index (χ3v) is 2.80. The first kappa shape index (κ1) is 10.6. The number of aromatic nitrogens is 2. The van der Waals surface area contributed by atoms with Gasteiger partial charge >= 0.3 is 0 Å². The predicted molar refractivity (Wildman–Crippen MR) is 63.8 cm³/mol. The molecule has 1 saturated heterocycles. The molecular weight excluding hydrogens is 258 g/mol. The Hall–Kier alpha value is -0.880. The Morgan fingerprint density at radius 2 is 2.47 bits per heavy atom. The van der Waals surface area contributed by atoms with Gasteiger partial charge in [0.15, 0.2) is 11.6 Å². The van der Waals surface area contributed by atoms with Gasteiger partial charge in [-0.05, 0) is 22.9 Å². The molecule has 0 spiro atoms. The highest BCUT2D eigenvalue weighted by Gasteiger charge is 2.19. The second-order valence-electron chi connectivity index (χ2n) is 3.70. The molecule has 5 nitrogen and oxygen atoms in total. The number of hydrogen-bond acceptors (Lipinski definition) is 5. The first-order valence-electron chi connectivity index (χ1n) is 4.93. The number of nitrogen functional groups attached to an aromatic ring is 1. The first-order chi connectivity index (χ1) is 7.16. The number of hydrogen-bond donors (Lipinski definition) is 2. The summed E-state index contributed by atoms with van der Waals surface area (Å²) in [5.41, 5.74) is 5.81. The Balaban J connectivity index is 2.24. The number of halogens is 1. The lowest BCUT2D eigenvalue weighted by Gasteiger charge is -2.33. The van der Waals surface area contributed by atoms with Gasteiger partial charge in [0.05, 0.1) is 6.20 Å². The van der Waals surface area contributed by atoms with Gasteiger partial charge in [0.2, 0.25) is 0 Å². The van der Waals surface area contributed by atoms with E-state index in [2.05, 4.69) is 43.0 Å². The van der Waals surface area contributed by atoms with Crippen molar-refractivity contribution in [2.45, 2.75) is 13.0 Å². The zero-order valence-electron chi connectivity index (χ0n) is 8.57. The minimum Gasteiger partial charge on any atom is -0.381 e. The van der Waals surface area contributed by atoms with Crippen LogP contribution in [0.4, 0.5) is 11.6 Å². The highest BCUT2D eigenvalue weighted by molar-refractivity contribution is 9.10. The van der Waals surface area contributed by atoms with Crippen LogP contribution in [0.25, 0.3) is 0 Å². The highest BCUT2D eigenvalue weighted by atomic mass is 79.9. The lowest BCUT2D eigenvalue weighted by atomic mass is 10.2. The summed E-state index contributed by atoms with van der Waals surface area (Å²) in [5.74, 6) is 1.27. The quantitative estimate of drug-likeness (QED) is 0.784. The number of nitrogens with one attached hydrogen (secondary N) is 1. The van der Waals surface area contributed by atoms with Crippen LogP contribution in [0.1, 0.15) is 6.92 Å². The maximum Gasteiger partial charge on any atom is 0.172 e. The van der Waals surface area contributed by atoms with Crippen molar-refractivity contribution in [3.8, 4) is 0 Å². The van der Waals surface area contributed by atoms with Crippen molar-refractivity contribution in [1.82, 2.24) is 15.3 Å². The average Bonchev–Trinajstić information content (AvgIpc) is 2.22. The summed E-state index contributed by atoms with van der Waals surface area (Å²) >= 11 is 3.31. The van der Waals surface area contributed by atoms with E-state index in [1.165, 1.54) is 0 Å². The Morgan fingerprint density at radius 1 is 1.67 bits per heavy atom. The average molecular weight is 272 g/mol. The van der Waals surface area contributed by atoms with Crippen molar-refractivity contribution in [1.29, 1.82) is 0 Å². The summed E-state index contributed by atoms with van der Waals surface area (Å²) in [6, 6.07) is 0.457. The van der Waals surface area contributed by atoms with E-state index in [0.717, 1.165) is 30.1 Å². The van der Waals surface area contributed by atoms with Gasteiger partial charge in [-0.3, -0.25) is 0 Å². The summed E-state index contributed by atoms with van der Waals surface area (Å²) in [6.45, 7) is 4.93. The molecule has 82 valence electrons. The molecule has 1 aromatic rings. The van der Waals surface area contributed by atoms with Gasteiger partial charge in [-0.1, -0.05) is 0 Å². The number of nitrogens with zero attached hydrogens (tertiary/aromatic N) is 3. The molecule has 1 aliphatic rings. The van der Waals surface area contributed by atoms with Crippen LogP contribution in [0.15, 0.2) is 10.8 Å². The van der Waals surface area contributed by atoms with Crippen molar-refractivity contribution < 1.29 is 0 Å².